The van der Waals surface area contributed by atoms with Crippen LogP contribution in [0.1, 0.15) is 27.7 Å². The zero-order valence-corrected chi connectivity index (χ0v) is 10.6. The van der Waals surface area contributed by atoms with Crippen molar-refractivity contribution in [3.63, 3.8) is 0 Å². The zero-order chi connectivity index (χ0) is 12.2. The van der Waals surface area contributed by atoms with Gasteiger partial charge < -0.3 is 10.1 Å². The fourth-order valence-corrected chi connectivity index (χ4v) is 1.58. The minimum absolute atomic E-state index is 0.00495. The highest BCUT2D eigenvalue weighted by molar-refractivity contribution is 5.67. The normalized spacial score (nSPS) is 20.2. The molecule has 0 aromatic rings. The van der Waals surface area contributed by atoms with Gasteiger partial charge in [0.15, 0.2) is 0 Å². The van der Waals surface area contributed by atoms with E-state index in [1.54, 1.807) is 0 Å². The molecule has 1 radical (unpaired) electrons. The molecule has 5 heteroatoms. The highest BCUT2D eigenvalue weighted by atomic mass is 16.6. The average Bonchev–Trinajstić information content (AvgIpc) is 2.16. The molecular formula is C11H22N3O2. The molecule has 1 N–H and O–H groups in total. The summed E-state index contributed by atoms with van der Waals surface area (Å²) in [4.78, 5) is 13.7. The summed E-state index contributed by atoms with van der Waals surface area (Å²) in [5, 5.41) is 7.09. The van der Waals surface area contributed by atoms with Gasteiger partial charge in [-0.25, -0.2) is 10.1 Å². The van der Waals surface area contributed by atoms with Crippen molar-refractivity contribution in [3.05, 3.63) is 0 Å². The second kappa shape index (κ2) is 5.50. The molecule has 1 atom stereocenters. The Balaban J connectivity index is 2.32. The molecule has 1 fully saturated rings. The van der Waals surface area contributed by atoms with Crippen LogP contribution in [0.5, 0.6) is 0 Å². The highest BCUT2D eigenvalue weighted by Crippen LogP contribution is 2.07. The van der Waals surface area contributed by atoms with Gasteiger partial charge in [0.05, 0.1) is 6.17 Å². The molecule has 0 saturated carbocycles. The first kappa shape index (κ1) is 13.3. The van der Waals surface area contributed by atoms with Crippen LogP contribution < -0.4 is 10.6 Å². The van der Waals surface area contributed by atoms with E-state index < -0.39 is 5.60 Å². The van der Waals surface area contributed by atoms with Crippen LogP contribution in [-0.4, -0.2) is 48.9 Å². The van der Waals surface area contributed by atoms with Gasteiger partial charge in [0.2, 0.25) is 0 Å². The second-order valence-electron chi connectivity index (χ2n) is 5.03. The Bertz CT molecular complexity index is 232. The van der Waals surface area contributed by atoms with Crippen molar-refractivity contribution >= 4 is 6.09 Å². The van der Waals surface area contributed by atoms with E-state index in [2.05, 4.69) is 15.5 Å². The topological polar surface area (TPSA) is 55.7 Å². The van der Waals surface area contributed by atoms with Crippen molar-refractivity contribution in [1.82, 2.24) is 15.5 Å². The van der Waals surface area contributed by atoms with E-state index in [9.17, 15) is 4.79 Å². The Morgan fingerprint density at radius 3 is 2.44 bits per heavy atom. The van der Waals surface area contributed by atoms with Crippen molar-refractivity contribution < 1.29 is 9.53 Å². The number of amides is 1. The van der Waals surface area contributed by atoms with E-state index >= 15 is 0 Å². The van der Waals surface area contributed by atoms with Crippen LogP contribution in [0.25, 0.3) is 0 Å². The first-order chi connectivity index (χ1) is 7.38. The van der Waals surface area contributed by atoms with Crippen molar-refractivity contribution in [2.24, 2.45) is 0 Å². The SMILES string of the molecule is CC(NC(=O)OC(C)(C)C)N1CC[N]CC1. The maximum Gasteiger partial charge on any atom is 0.408 e. The largest absolute Gasteiger partial charge is 0.444 e. The van der Waals surface area contributed by atoms with Crippen LogP contribution in [0, 0.1) is 0 Å². The van der Waals surface area contributed by atoms with Crippen molar-refractivity contribution in [3.8, 4) is 0 Å². The molecule has 0 aromatic carbocycles. The number of hydrogen-bond donors (Lipinski definition) is 1. The molecule has 0 bridgehead atoms. The molecule has 93 valence electrons. The van der Waals surface area contributed by atoms with Crippen molar-refractivity contribution in [2.45, 2.75) is 39.5 Å². The standard InChI is InChI=1S/C11H22N3O2/c1-9(14-7-5-12-6-8-14)13-10(15)16-11(2,3)4/h9H,5-8H2,1-4H3,(H,13,15). The summed E-state index contributed by atoms with van der Waals surface area (Å²) in [6.45, 7) is 11.0. The quantitative estimate of drug-likeness (QED) is 0.759. The minimum Gasteiger partial charge on any atom is -0.444 e. The van der Waals surface area contributed by atoms with E-state index in [1.807, 2.05) is 27.7 Å². The Kier molecular flexibility index (Phi) is 4.56. The van der Waals surface area contributed by atoms with Gasteiger partial charge in [-0.15, -0.1) is 0 Å². The first-order valence-electron chi connectivity index (χ1n) is 5.75. The van der Waals surface area contributed by atoms with Crippen LogP contribution in [0.15, 0.2) is 0 Å². The molecular weight excluding hydrogens is 206 g/mol. The summed E-state index contributed by atoms with van der Waals surface area (Å²) in [5.74, 6) is 0. The molecule has 1 amide bonds. The summed E-state index contributed by atoms with van der Waals surface area (Å²) in [7, 11) is 0. The predicted molar refractivity (Wildman–Crippen MR) is 62.3 cm³/mol. The van der Waals surface area contributed by atoms with Gasteiger partial charge in [-0.2, -0.15) is 0 Å². The smallest absolute Gasteiger partial charge is 0.408 e. The van der Waals surface area contributed by atoms with Crippen LogP contribution in [0.2, 0.25) is 0 Å². The van der Waals surface area contributed by atoms with Crippen LogP contribution in [0.3, 0.4) is 0 Å². The third kappa shape index (κ3) is 4.81. The third-order valence-electron chi connectivity index (χ3n) is 2.36. The first-order valence-corrected chi connectivity index (χ1v) is 5.75. The predicted octanol–water partition coefficient (Wildman–Crippen LogP) is 0.777. The van der Waals surface area contributed by atoms with E-state index in [0.29, 0.717) is 0 Å². The van der Waals surface area contributed by atoms with Crippen LogP contribution in [0.4, 0.5) is 4.79 Å². The zero-order valence-electron chi connectivity index (χ0n) is 10.6. The fourth-order valence-electron chi connectivity index (χ4n) is 1.58. The lowest BCUT2D eigenvalue weighted by Crippen LogP contribution is -2.52. The number of ether oxygens (including phenoxy) is 1. The summed E-state index contributed by atoms with van der Waals surface area (Å²) in [5.41, 5.74) is -0.443. The highest BCUT2D eigenvalue weighted by Gasteiger charge is 2.21. The van der Waals surface area contributed by atoms with Crippen LogP contribution >= 0.6 is 0 Å². The number of rotatable bonds is 2. The van der Waals surface area contributed by atoms with Crippen molar-refractivity contribution in [1.29, 1.82) is 0 Å². The van der Waals surface area contributed by atoms with E-state index in [0.717, 1.165) is 26.2 Å². The van der Waals surface area contributed by atoms with Gasteiger partial charge >= 0.3 is 6.09 Å². The van der Waals surface area contributed by atoms with Gasteiger partial charge in [-0.3, -0.25) is 4.90 Å². The number of alkyl carbamates (subject to hydrolysis) is 1. The maximum atomic E-state index is 11.5. The summed E-state index contributed by atoms with van der Waals surface area (Å²) < 4.78 is 5.20. The summed E-state index contributed by atoms with van der Waals surface area (Å²) >= 11 is 0. The van der Waals surface area contributed by atoms with Gasteiger partial charge in [0, 0.05) is 26.2 Å². The summed E-state index contributed by atoms with van der Waals surface area (Å²) in [6.07, 6.45) is -0.354. The van der Waals surface area contributed by atoms with Crippen molar-refractivity contribution in [2.75, 3.05) is 26.2 Å². The number of carbonyl (C=O) groups is 1. The number of hydrogen-bond acceptors (Lipinski definition) is 3. The van der Waals surface area contributed by atoms with Gasteiger partial charge in [-0.1, -0.05) is 0 Å². The Morgan fingerprint density at radius 1 is 1.38 bits per heavy atom. The number of nitrogens with one attached hydrogen (secondary N) is 1. The third-order valence-corrected chi connectivity index (χ3v) is 2.36. The Morgan fingerprint density at radius 2 is 1.94 bits per heavy atom. The number of nitrogens with zero attached hydrogens (tertiary/aromatic N) is 2. The molecule has 1 rings (SSSR count). The molecule has 5 nitrogen and oxygen atoms in total. The Labute approximate surface area is 97.5 Å². The lowest BCUT2D eigenvalue weighted by atomic mass is 10.2. The minimum atomic E-state index is -0.443. The van der Waals surface area contributed by atoms with Crippen LogP contribution in [-0.2, 0) is 4.74 Å². The molecule has 1 unspecified atom stereocenters. The van der Waals surface area contributed by atoms with E-state index in [4.69, 9.17) is 4.74 Å². The Hall–Kier alpha value is -0.810. The monoisotopic (exact) mass is 228 g/mol. The lowest BCUT2D eigenvalue weighted by molar-refractivity contribution is 0.0420. The summed E-state index contributed by atoms with van der Waals surface area (Å²) in [6, 6.07) is 0. The molecule has 1 heterocycles. The molecule has 0 aromatic heterocycles. The maximum absolute atomic E-state index is 11.5. The molecule has 1 saturated heterocycles. The average molecular weight is 228 g/mol. The van der Waals surface area contributed by atoms with Gasteiger partial charge in [0.1, 0.15) is 5.60 Å². The lowest BCUT2D eigenvalue weighted by Gasteiger charge is -2.32. The van der Waals surface area contributed by atoms with Gasteiger partial charge in [-0.05, 0) is 27.7 Å². The van der Waals surface area contributed by atoms with E-state index in [-0.39, 0.29) is 12.3 Å². The van der Waals surface area contributed by atoms with E-state index in [1.165, 1.54) is 0 Å². The second-order valence-corrected chi connectivity index (χ2v) is 5.03. The fraction of sp³-hybridized carbons (Fsp3) is 0.909. The molecule has 1 aliphatic heterocycles. The number of piperazine rings is 1. The molecule has 0 spiro atoms. The molecule has 16 heavy (non-hydrogen) atoms. The molecule has 1 aliphatic rings. The molecule has 0 aliphatic carbocycles. The number of carbonyl (C=O) groups excluding carboxylic acids is 1. The van der Waals surface area contributed by atoms with Gasteiger partial charge in [0.25, 0.3) is 0 Å².